The summed E-state index contributed by atoms with van der Waals surface area (Å²) in [6.45, 7) is 1.86. The van der Waals surface area contributed by atoms with E-state index in [-0.39, 0.29) is 5.91 Å². The lowest BCUT2D eigenvalue weighted by Crippen LogP contribution is -2.34. The Balaban J connectivity index is 1.71. The van der Waals surface area contributed by atoms with Crippen LogP contribution in [0.1, 0.15) is 24.8 Å². The number of carbonyl (C=O) groups is 1. The number of aromatic amines is 1. The van der Waals surface area contributed by atoms with Crippen molar-refractivity contribution in [1.82, 2.24) is 15.2 Å². The zero-order valence-electron chi connectivity index (χ0n) is 10.4. The summed E-state index contributed by atoms with van der Waals surface area (Å²) in [6, 6.07) is 2.45. The predicted octanol–water partition coefficient (Wildman–Crippen LogP) is 1.16. The third-order valence-corrected chi connectivity index (χ3v) is 3.41. The fraction of sp³-hybridized carbons (Fsp3) is 0.615. The van der Waals surface area contributed by atoms with E-state index in [0.717, 1.165) is 25.9 Å². The van der Waals surface area contributed by atoms with Gasteiger partial charge in [0.1, 0.15) is 0 Å². The number of H-pyrrole nitrogens is 1. The van der Waals surface area contributed by atoms with E-state index >= 15 is 0 Å². The predicted molar refractivity (Wildman–Crippen MR) is 67.8 cm³/mol. The molecule has 1 aromatic rings. The normalized spacial score (nSPS) is 19.5. The molecule has 4 nitrogen and oxygen atoms in total. The highest BCUT2D eigenvalue weighted by molar-refractivity contribution is 5.76. The summed E-state index contributed by atoms with van der Waals surface area (Å²) in [6.07, 6.45) is 7.80. The van der Waals surface area contributed by atoms with Crippen molar-refractivity contribution in [2.75, 3.05) is 20.1 Å². The first-order valence-electron chi connectivity index (χ1n) is 6.35. The molecule has 2 rings (SSSR count). The van der Waals surface area contributed by atoms with Crippen LogP contribution in [0.5, 0.6) is 0 Å². The smallest absolute Gasteiger partial charge is 0.223 e. The summed E-state index contributed by atoms with van der Waals surface area (Å²) in [4.78, 5) is 16.8. The van der Waals surface area contributed by atoms with Crippen molar-refractivity contribution < 1.29 is 4.79 Å². The number of hydrogen-bond acceptors (Lipinski definition) is 2. The quantitative estimate of drug-likeness (QED) is 0.804. The van der Waals surface area contributed by atoms with E-state index in [0.29, 0.717) is 12.5 Å². The maximum Gasteiger partial charge on any atom is 0.223 e. The summed E-state index contributed by atoms with van der Waals surface area (Å²) in [5, 5.41) is 3.36. The topological polar surface area (TPSA) is 48.1 Å². The molecule has 1 atom stereocenters. The van der Waals surface area contributed by atoms with Crippen LogP contribution < -0.4 is 5.32 Å². The van der Waals surface area contributed by atoms with Gasteiger partial charge in [-0.05, 0) is 37.4 Å². The molecular formula is C13H21N3O. The van der Waals surface area contributed by atoms with Gasteiger partial charge in [0.2, 0.25) is 5.91 Å². The van der Waals surface area contributed by atoms with Crippen LogP contribution in [0.15, 0.2) is 18.5 Å². The standard InChI is InChI=1S/C13H21N3O/c1-16(8-5-11-4-7-14-10-11)13(17)9-12-3-2-6-15-12/h4,7,10,12,14-15H,2-3,5-6,8-9H2,1H3. The van der Waals surface area contributed by atoms with Crippen LogP contribution in [0.2, 0.25) is 0 Å². The van der Waals surface area contributed by atoms with E-state index in [4.69, 9.17) is 0 Å². The van der Waals surface area contributed by atoms with Crippen LogP contribution in [-0.4, -0.2) is 42.0 Å². The Labute approximate surface area is 102 Å². The molecule has 1 aromatic heterocycles. The first kappa shape index (κ1) is 12.2. The highest BCUT2D eigenvalue weighted by Crippen LogP contribution is 2.10. The summed E-state index contributed by atoms with van der Waals surface area (Å²) in [5.41, 5.74) is 1.25. The van der Waals surface area contributed by atoms with Gasteiger partial charge in [0, 0.05) is 38.4 Å². The van der Waals surface area contributed by atoms with Crippen LogP contribution in [0, 0.1) is 0 Å². The maximum atomic E-state index is 11.9. The summed E-state index contributed by atoms with van der Waals surface area (Å²) in [5.74, 6) is 0.250. The zero-order valence-corrected chi connectivity index (χ0v) is 10.4. The van der Waals surface area contributed by atoms with Gasteiger partial charge in [0.05, 0.1) is 0 Å². The van der Waals surface area contributed by atoms with Crippen LogP contribution in [0.4, 0.5) is 0 Å². The Kier molecular flexibility index (Phi) is 4.20. The second-order valence-corrected chi connectivity index (χ2v) is 4.78. The lowest BCUT2D eigenvalue weighted by atomic mass is 10.1. The molecule has 2 N–H and O–H groups in total. The van der Waals surface area contributed by atoms with Crippen LogP contribution in [0.3, 0.4) is 0 Å². The average Bonchev–Trinajstić information content (AvgIpc) is 2.98. The molecule has 2 heterocycles. The van der Waals surface area contributed by atoms with Crippen molar-refractivity contribution in [1.29, 1.82) is 0 Å². The molecule has 0 radical (unpaired) electrons. The second kappa shape index (κ2) is 5.87. The van der Waals surface area contributed by atoms with E-state index < -0.39 is 0 Å². The van der Waals surface area contributed by atoms with Gasteiger partial charge in [0.15, 0.2) is 0 Å². The molecule has 0 aromatic carbocycles. The first-order valence-corrected chi connectivity index (χ1v) is 6.35. The number of aromatic nitrogens is 1. The Morgan fingerprint density at radius 2 is 2.47 bits per heavy atom. The fourth-order valence-electron chi connectivity index (χ4n) is 2.23. The van der Waals surface area contributed by atoms with E-state index in [1.165, 1.54) is 12.0 Å². The molecule has 0 spiro atoms. The molecule has 1 saturated heterocycles. The van der Waals surface area contributed by atoms with Gasteiger partial charge >= 0.3 is 0 Å². The van der Waals surface area contributed by atoms with Gasteiger partial charge in [-0.1, -0.05) is 0 Å². The number of amides is 1. The zero-order chi connectivity index (χ0) is 12.1. The Morgan fingerprint density at radius 1 is 1.59 bits per heavy atom. The largest absolute Gasteiger partial charge is 0.367 e. The van der Waals surface area contributed by atoms with Gasteiger partial charge in [-0.3, -0.25) is 4.79 Å². The van der Waals surface area contributed by atoms with E-state index in [9.17, 15) is 4.79 Å². The fourth-order valence-corrected chi connectivity index (χ4v) is 2.23. The van der Waals surface area contributed by atoms with Crippen molar-refractivity contribution in [3.8, 4) is 0 Å². The molecule has 0 saturated carbocycles. The Hall–Kier alpha value is -1.29. The highest BCUT2D eigenvalue weighted by atomic mass is 16.2. The maximum absolute atomic E-state index is 11.9. The van der Waals surface area contributed by atoms with Gasteiger partial charge in [-0.15, -0.1) is 0 Å². The van der Waals surface area contributed by atoms with Crippen LogP contribution in [-0.2, 0) is 11.2 Å². The van der Waals surface area contributed by atoms with Crippen molar-refractivity contribution in [3.05, 3.63) is 24.0 Å². The van der Waals surface area contributed by atoms with Gasteiger partial charge in [-0.2, -0.15) is 0 Å². The van der Waals surface area contributed by atoms with Crippen molar-refractivity contribution in [2.24, 2.45) is 0 Å². The Morgan fingerprint density at radius 3 is 3.12 bits per heavy atom. The van der Waals surface area contributed by atoms with Crippen LogP contribution >= 0.6 is 0 Å². The SMILES string of the molecule is CN(CCc1cc[nH]c1)C(=O)CC1CCCN1. The number of hydrogen-bond donors (Lipinski definition) is 2. The molecule has 0 bridgehead atoms. The molecule has 1 unspecified atom stereocenters. The van der Waals surface area contributed by atoms with Gasteiger partial charge in [-0.25, -0.2) is 0 Å². The molecule has 94 valence electrons. The monoisotopic (exact) mass is 235 g/mol. The molecule has 4 heteroatoms. The number of nitrogens with one attached hydrogen (secondary N) is 2. The number of likely N-dealkylation sites (N-methyl/N-ethyl adjacent to an activating group) is 1. The average molecular weight is 235 g/mol. The van der Waals surface area contributed by atoms with Crippen LogP contribution in [0.25, 0.3) is 0 Å². The number of nitrogens with zero attached hydrogens (tertiary/aromatic N) is 1. The molecule has 1 amide bonds. The van der Waals surface area contributed by atoms with E-state index in [1.807, 2.05) is 24.3 Å². The highest BCUT2D eigenvalue weighted by Gasteiger charge is 2.19. The van der Waals surface area contributed by atoms with Gasteiger partial charge in [0.25, 0.3) is 0 Å². The lowest BCUT2D eigenvalue weighted by molar-refractivity contribution is -0.130. The molecule has 17 heavy (non-hydrogen) atoms. The minimum Gasteiger partial charge on any atom is -0.367 e. The van der Waals surface area contributed by atoms with Crippen molar-refractivity contribution in [2.45, 2.75) is 31.7 Å². The third-order valence-electron chi connectivity index (χ3n) is 3.41. The lowest BCUT2D eigenvalue weighted by Gasteiger charge is -2.19. The number of rotatable bonds is 5. The molecule has 1 aliphatic heterocycles. The van der Waals surface area contributed by atoms with Crippen molar-refractivity contribution >= 4 is 5.91 Å². The second-order valence-electron chi connectivity index (χ2n) is 4.78. The van der Waals surface area contributed by atoms with E-state index in [2.05, 4.69) is 16.4 Å². The third kappa shape index (κ3) is 3.60. The summed E-state index contributed by atoms with van der Waals surface area (Å²) >= 11 is 0. The molecule has 0 aliphatic carbocycles. The van der Waals surface area contributed by atoms with Crippen molar-refractivity contribution in [3.63, 3.8) is 0 Å². The minimum absolute atomic E-state index is 0.250. The summed E-state index contributed by atoms with van der Waals surface area (Å²) in [7, 11) is 1.89. The Bertz CT molecular complexity index is 342. The molecular weight excluding hydrogens is 214 g/mol. The first-order chi connectivity index (χ1) is 8.25. The minimum atomic E-state index is 0.250. The van der Waals surface area contributed by atoms with Gasteiger partial charge < -0.3 is 15.2 Å². The van der Waals surface area contributed by atoms with E-state index in [1.54, 1.807) is 0 Å². The number of carbonyl (C=O) groups excluding carboxylic acids is 1. The molecule has 1 fully saturated rings. The summed E-state index contributed by atoms with van der Waals surface area (Å²) < 4.78 is 0. The molecule has 1 aliphatic rings.